The van der Waals surface area contributed by atoms with Crippen LogP contribution in [0.4, 0.5) is 14.7 Å². The van der Waals surface area contributed by atoms with E-state index >= 15 is 0 Å². The summed E-state index contributed by atoms with van der Waals surface area (Å²) in [6.45, 7) is 0.732. The number of ether oxygens (including phenoxy) is 1. The van der Waals surface area contributed by atoms with Gasteiger partial charge < -0.3 is 9.26 Å². The molecule has 116 valence electrons. The molecule has 1 aromatic heterocycles. The molecule has 1 aromatic rings. The maximum absolute atomic E-state index is 13.0. The third-order valence-corrected chi connectivity index (χ3v) is 4.64. The number of hydrogen-bond acceptors (Lipinski definition) is 4. The minimum atomic E-state index is -3.08. The Balaban J connectivity index is 1.59. The number of alkyl halides is 2. The average Bonchev–Trinajstić information content (AvgIpc) is 2.96. The molecule has 2 aliphatic carbocycles. The van der Waals surface area contributed by atoms with Crippen LogP contribution in [0.5, 0.6) is 0 Å². The van der Waals surface area contributed by atoms with Crippen LogP contribution in [0.3, 0.4) is 0 Å². The molecule has 1 amide bonds. The van der Waals surface area contributed by atoms with E-state index in [0.717, 1.165) is 32.3 Å². The molecule has 2 fully saturated rings. The fourth-order valence-electron chi connectivity index (χ4n) is 3.41. The first kappa shape index (κ1) is 14.4. The van der Waals surface area contributed by atoms with Gasteiger partial charge in [0.15, 0.2) is 5.69 Å². The minimum Gasteiger partial charge on any atom is -0.381 e. The Labute approximate surface area is 121 Å². The van der Waals surface area contributed by atoms with Crippen molar-refractivity contribution in [1.82, 2.24) is 5.16 Å². The van der Waals surface area contributed by atoms with Crippen LogP contribution in [-0.2, 0) is 15.5 Å². The molecule has 3 rings (SSSR count). The molecule has 0 aliphatic heterocycles. The van der Waals surface area contributed by atoms with Gasteiger partial charge in [-0.1, -0.05) is 5.16 Å². The van der Waals surface area contributed by atoms with Gasteiger partial charge in [0.2, 0.25) is 11.8 Å². The summed E-state index contributed by atoms with van der Waals surface area (Å²) in [7, 11) is 1.69. The first-order valence-electron chi connectivity index (χ1n) is 7.07. The van der Waals surface area contributed by atoms with E-state index in [0.29, 0.717) is 11.8 Å². The van der Waals surface area contributed by atoms with Crippen LogP contribution in [0.1, 0.15) is 31.9 Å². The highest BCUT2D eigenvalue weighted by atomic mass is 19.3. The highest BCUT2D eigenvalue weighted by molar-refractivity contribution is 5.91. The summed E-state index contributed by atoms with van der Waals surface area (Å²) in [6, 6.07) is 1.07. The van der Waals surface area contributed by atoms with E-state index in [4.69, 9.17) is 9.26 Å². The zero-order valence-electron chi connectivity index (χ0n) is 11.9. The topological polar surface area (TPSA) is 64.4 Å². The Hall–Kier alpha value is -1.50. The van der Waals surface area contributed by atoms with Crippen LogP contribution in [0.25, 0.3) is 0 Å². The van der Waals surface area contributed by atoms with E-state index in [1.165, 1.54) is 0 Å². The maximum atomic E-state index is 13.0. The summed E-state index contributed by atoms with van der Waals surface area (Å²) in [6.07, 6.45) is 2.85. The number of carbonyl (C=O) groups is 1. The van der Waals surface area contributed by atoms with Crippen molar-refractivity contribution in [1.29, 1.82) is 0 Å². The molecular formula is C14H18F2N2O3. The predicted molar refractivity (Wildman–Crippen MR) is 69.8 cm³/mol. The number of hydrogen-bond donors (Lipinski definition) is 1. The highest BCUT2D eigenvalue weighted by Crippen LogP contribution is 2.51. The lowest BCUT2D eigenvalue weighted by Crippen LogP contribution is -2.38. The van der Waals surface area contributed by atoms with Crippen molar-refractivity contribution in [2.45, 2.75) is 38.2 Å². The normalized spacial score (nSPS) is 31.6. The van der Waals surface area contributed by atoms with E-state index in [1.807, 2.05) is 0 Å². The molecule has 5 nitrogen and oxygen atoms in total. The molecule has 0 aromatic carbocycles. The molecule has 21 heavy (non-hydrogen) atoms. The van der Waals surface area contributed by atoms with Gasteiger partial charge in [-0.25, -0.2) is 0 Å². The molecule has 1 heterocycles. The number of nitrogens with one attached hydrogen (secondary N) is 1. The van der Waals surface area contributed by atoms with Crippen LogP contribution >= 0.6 is 0 Å². The van der Waals surface area contributed by atoms with Crippen LogP contribution in [0, 0.1) is 17.8 Å². The Morgan fingerprint density at radius 1 is 1.48 bits per heavy atom. The first-order valence-corrected chi connectivity index (χ1v) is 7.07. The third kappa shape index (κ3) is 2.66. The van der Waals surface area contributed by atoms with Gasteiger partial charge in [0, 0.05) is 26.0 Å². The number of rotatable bonds is 4. The standard InChI is InChI=1S/C14H18F2N2O3/c1-14(15,16)11-6-12(21-18-11)17-13(19)8-3-7-5-10(20-2)9(7)4-8/h6-10H,3-5H2,1-2H3,(H,17,19)/t7-,8?,9-,10?/m0/s1. The Kier molecular flexibility index (Phi) is 3.47. The number of fused-ring (bicyclic) bond motifs is 1. The lowest BCUT2D eigenvalue weighted by Gasteiger charge is -2.39. The van der Waals surface area contributed by atoms with E-state index in [9.17, 15) is 13.6 Å². The average molecular weight is 300 g/mol. The van der Waals surface area contributed by atoms with E-state index in [2.05, 4.69) is 10.5 Å². The van der Waals surface area contributed by atoms with Crippen molar-refractivity contribution < 1.29 is 22.8 Å². The Morgan fingerprint density at radius 2 is 2.24 bits per heavy atom. The fraction of sp³-hybridized carbons (Fsp3) is 0.714. The molecular weight excluding hydrogens is 282 g/mol. The summed E-state index contributed by atoms with van der Waals surface area (Å²) in [4.78, 5) is 12.2. The number of carbonyl (C=O) groups excluding carboxylic acids is 1. The molecule has 0 spiro atoms. The van der Waals surface area contributed by atoms with Gasteiger partial charge in [0.05, 0.1) is 6.10 Å². The van der Waals surface area contributed by atoms with Gasteiger partial charge in [-0.3, -0.25) is 10.1 Å². The van der Waals surface area contributed by atoms with Gasteiger partial charge in [-0.05, 0) is 31.1 Å². The molecule has 4 atom stereocenters. The maximum Gasteiger partial charge on any atom is 0.290 e. The Bertz CT molecular complexity index is 541. The van der Waals surface area contributed by atoms with Gasteiger partial charge in [-0.2, -0.15) is 8.78 Å². The number of amides is 1. The van der Waals surface area contributed by atoms with Crippen LogP contribution < -0.4 is 5.32 Å². The SMILES string of the molecule is COC1C[C@@H]2CC(C(=O)Nc3cc(C(C)(F)F)no3)C[C@H]12. The quantitative estimate of drug-likeness (QED) is 0.928. The molecule has 0 saturated heterocycles. The largest absolute Gasteiger partial charge is 0.381 e. The van der Waals surface area contributed by atoms with Crippen molar-refractivity contribution in [2.24, 2.45) is 17.8 Å². The molecule has 2 saturated carbocycles. The zero-order valence-corrected chi connectivity index (χ0v) is 11.9. The number of anilines is 1. The second-order valence-electron chi connectivity index (χ2n) is 6.06. The van der Waals surface area contributed by atoms with Crippen molar-refractivity contribution >= 4 is 11.8 Å². The lowest BCUT2D eigenvalue weighted by molar-refractivity contribution is -0.119. The minimum absolute atomic E-state index is 0.0286. The van der Waals surface area contributed by atoms with Crippen molar-refractivity contribution in [3.05, 3.63) is 11.8 Å². The van der Waals surface area contributed by atoms with Crippen molar-refractivity contribution in [3.63, 3.8) is 0 Å². The smallest absolute Gasteiger partial charge is 0.290 e. The monoisotopic (exact) mass is 300 g/mol. The summed E-state index contributed by atoms with van der Waals surface area (Å²) in [5.41, 5.74) is -0.483. The molecule has 7 heteroatoms. The van der Waals surface area contributed by atoms with Gasteiger partial charge in [0.1, 0.15) is 0 Å². The van der Waals surface area contributed by atoms with E-state index < -0.39 is 11.6 Å². The third-order valence-electron chi connectivity index (χ3n) is 4.64. The number of methoxy groups -OCH3 is 1. The highest BCUT2D eigenvalue weighted by Gasteiger charge is 2.49. The molecule has 0 bridgehead atoms. The zero-order chi connectivity index (χ0) is 15.2. The summed E-state index contributed by atoms with van der Waals surface area (Å²) >= 11 is 0. The fourth-order valence-corrected chi connectivity index (χ4v) is 3.41. The second kappa shape index (κ2) is 5.05. The molecule has 2 aliphatic rings. The lowest BCUT2D eigenvalue weighted by atomic mass is 9.73. The van der Waals surface area contributed by atoms with Crippen molar-refractivity contribution in [2.75, 3.05) is 12.4 Å². The number of halogens is 2. The van der Waals surface area contributed by atoms with Crippen LogP contribution in [-0.4, -0.2) is 24.3 Å². The summed E-state index contributed by atoms with van der Waals surface area (Å²) in [5.74, 6) is -2.44. The van der Waals surface area contributed by atoms with Crippen molar-refractivity contribution in [3.8, 4) is 0 Å². The predicted octanol–water partition coefficient (Wildman–Crippen LogP) is 2.79. The van der Waals surface area contributed by atoms with Gasteiger partial charge in [-0.15, -0.1) is 0 Å². The van der Waals surface area contributed by atoms with Gasteiger partial charge >= 0.3 is 0 Å². The first-order chi connectivity index (χ1) is 9.88. The molecule has 1 N–H and O–H groups in total. The summed E-state index contributed by atoms with van der Waals surface area (Å²) in [5, 5.41) is 5.81. The summed E-state index contributed by atoms with van der Waals surface area (Å²) < 4.78 is 36.2. The Morgan fingerprint density at radius 3 is 2.86 bits per heavy atom. The molecule has 0 radical (unpaired) electrons. The number of aromatic nitrogens is 1. The second-order valence-corrected chi connectivity index (χ2v) is 6.06. The van der Waals surface area contributed by atoms with Crippen LogP contribution in [0.2, 0.25) is 0 Å². The van der Waals surface area contributed by atoms with Crippen LogP contribution in [0.15, 0.2) is 10.6 Å². The van der Waals surface area contributed by atoms with E-state index in [-0.39, 0.29) is 23.8 Å². The molecule has 2 unspecified atom stereocenters. The van der Waals surface area contributed by atoms with Gasteiger partial charge in [0.25, 0.3) is 5.92 Å². The van der Waals surface area contributed by atoms with E-state index in [1.54, 1.807) is 7.11 Å². The number of nitrogens with zero attached hydrogens (tertiary/aromatic N) is 1.